The number of hydrogen-bond acceptors (Lipinski definition) is 8. The maximum absolute atomic E-state index is 12.9. The molecule has 1 heterocycles. The molecule has 0 spiro atoms. The number of hydrogen-bond donors (Lipinski definition) is 0. The lowest BCUT2D eigenvalue weighted by atomic mass is 10.0. The molecule has 0 radical (unpaired) electrons. The van der Waals surface area contributed by atoms with E-state index in [0.717, 1.165) is 5.56 Å². The van der Waals surface area contributed by atoms with Gasteiger partial charge in [0.15, 0.2) is 11.5 Å². The normalized spacial score (nSPS) is 12.5. The Hall–Kier alpha value is -4.20. The molecule has 1 unspecified atom stereocenters. The van der Waals surface area contributed by atoms with E-state index in [-0.39, 0.29) is 36.4 Å². The molecule has 0 bridgehead atoms. The molecule has 0 saturated carbocycles. The molecule has 3 aromatic rings. The van der Waals surface area contributed by atoms with Crippen molar-refractivity contribution in [3.8, 4) is 34.5 Å². The summed E-state index contributed by atoms with van der Waals surface area (Å²) in [7, 11) is 0. The Morgan fingerprint density at radius 1 is 0.829 bits per heavy atom. The Balaban J connectivity index is 1.64. The maximum Gasteiger partial charge on any atom is 0.345 e. The molecule has 0 N–H and O–H groups in total. The molecule has 3 aromatic carbocycles. The summed E-state index contributed by atoms with van der Waals surface area (Å²) >= 11 is 0. The Bertz CT molecular complexity index is 1220. The van der Waals surface area contributed by atoms with Gasteiger partial charge in [-0.15, -0.1) is 0 Å². The predicted molar refractivity (Wildman–Crippen MR) is 127 cm³/mol. The van der Waals surface area contributed by atoms with Gasteiger partial charge in [-0.2, -0.15) is 0 Å². The van der Waals surface area contributed by atoms with E-state index in [1.54, 1.807) is 75.4 Å². The fraction of sp³-hybridized carbons (Fsp3) is 0.259. The van der Waals surface area contributed by atoms with Gasteiger partial charge in [-0.25, -0.2) is 4.79 Å². The van der Waals surface area contributed by atoms with Crippen LogP contribution in [0.1, 0.15) is 42.6 Å². The van der Waals surface area contributed by atoms with E-state index in [2.05, 4.69) is 0 Å². The molecule has 1 aliphatic rings. The maximum atomic E-state index is 12.9. The van der Waals surface area contributed by atoms with Crippen LogP contribution in [0, 0.1) is 0 Å². The zero-order valence-corrected chi connectivity index (χ0v) is 19.7. The third-order valence-electron chi connectivity index (χ3n) is 5.27. The molecule has 0 saturated heterocycles. The number of benzene rings is 3. The Morgan fingerprint density at radius 3 is 2.20 bits per heavy atom. The first kappa shape index (κ1) is 23.9. The highest BCUT2D eigenvalue weighted by molar-refractivity contribution is 5.96. The smallest absolute Gasteiger partial charge is 0.345 e. The van der Waals surface area contributed by atoms with E-state index >= 15 is 0 Å². The van der Waals surface area contributed by atoms with Crippen LogP contribution in [0.3, 0.4) is 0 Å². The highest BCUT2D eigenvalue weighted by atomic mass is 16.7. The molecule has 35 heavy (non-hydrogen) atoms. The minimum atomic E-state index is -0.588. The second kappa shape index (κ2) is 10.8. The molecular formula is C27H26O8. The van der Waals surface area contributed by atoms with Crippen LogP contribution in [0.2, 0.25) is 0 Å². The average Bonchev–Trinajstić information content (AvgIpc) is 3.32. The fourth-order valence-electron chi connectivity index (χ4n) is 3.53. The molecule has 0 fully saturated rings. The summed E-state index contributed by atoms with van der Waals surface area (Å²) in [6.07, 6.45) is 0. The standard InChI is InChI=1S/C27H26O8/c1-4-30-26(28)17(3)18-8-6-9-19(14-18)34-22-10-7-11-23(25(22)27(29)31-5-2)35-20-12-13-21-24(15-20)33-16-32-21/h6-15,17H,4-5,16H2,1-3H3. The number of carbonyl (C=O) groups is 2. The highest BCUT2D eigenvalue weighted by Gasteiger charge is 2.23. The van der Waals surface area contributed by atoms with Crippen molar-refractivity contribution in [3.05, 3.63) is 71.8 Å². The molecule has 0 amide bonds. The molecule has 8 heteroatoms. The van der Waals surface area contributed by atoms with Crippen LogP contribution in [-0.4, -0.2) is 31.9 Å². The van der Waals surface area contributed by atoms with Crippen molar-refractivity contribution in [1.82, 2.24) is 0 Å². The van der Waals surface area contributed by atoms with Crippen LogP contribution >= 0.6 is 0 Å². The van der Waals surface area contributed by atoms with Crippen molar-refractivity contribution in [3.63, 3.8) is 0 Å². The lowest BCUT2D eigenvalue weighted by Gasteiger charge is -2.16. The van der Waals surface area contributed by atoms with E-state index in [9.17, 15) is 9.59 Å². The molecule has 0 aliphatic carbocycles. The van der Waals surface area contributed by atoms with E-state index in [1.165, 1.54) is 0 Å². The molecule has 8 nitrogen and oxygen atoms in total. The van der Waals surface area contributed by atoms with Gasteiger partial charge in [0.25, 0.3) is 0 Å². The lowest BCUT2D eigenvalue weighted by Crippen LogP contribution is -2.13. The third kappa shape index (κ3) is 5.48. The minimum absolute atomic E-state index is 0.135. The van der Waals surface area contributed by atoms with E-state index in [0.29, 0.717) is 29.6 Å². The molecule has 0 aromatic heterocycles. The second-order valence-electron chi connectivity index (χ2n) is 7.62. The van der Waals surface area contributed by atoms with Gasteiger partial charge in [0.1, 0.15) is 28.6 Å². The van der Waals surface area contributed by atoms with Crippen molar-refractivity contribution < 1.29 is 38.0 Å². The van der Waals surface area contributed by atoms with Crippen LogP contribution in [0.25, 0.3) is 0 Å². The number of rotatable bonds is 9. The summed E-state index contributed by atoms with van der Waals surface area (Å²) in [5.41, 5.74) is 0.863. The summed E-state index contributed by atoms with van der Waals surface area (Å²) < 4.78 is 33.2. The van der Waals surface area contributed by atoms with E-state index in [4.69, 9.17) is 28.4 Å². The summed E-state index contributed by atoms with van der Waals surface area (Å²) in [6, 6.07) is 17.2. The third-order valence-corrected chi connectivity index (χ3v) is 5.27. The molecule has 1 aliphatic heterocycles. The van der Waals surface area contributed by atoms with Gasteiger partial charge in [0.2, 0.25) is 6.79 Å². The topological polar surface area (TPSA) is 89.5 Å². The monoisotopic (exact) mass is 478 g/mol. The molecule has 182 valence electrons. The highest BCUT2D eigenvalue weighted by Crippen LogP contribution is 2.39. The average molecular weight is 478 g/mol. The molecular weight excluding hydrogens is 452 g/mol. The zero-order valence-electron chi connectivity index (χ0n) is 19.7. The van der Waals surface area contributed by atoms with Crippen molar-refractivity contribution >= 4 is 11.9 Å². The van der Waals surface area contributed by atoms with Crippen molar-refractivity contribution in [1.29, 1.82) is 0 Å². The SMILES string of the molecule is CCOC(=O)c1c(Oc2cccc(C(C)C(=O)OCC)c2)cccc1Oc1ccc2c(c1)OCO2. The molecule has 4 rings (SSSR count). The van der Waals surface area contributed by atoms with Crippen LogP contribution in [0.15, 0.2) is 60.7 Å². The summed E-state index contributed by atoms with van der Waals surface area (Å²) in [5, 5.41) is 0. The fourth-order valence-corrected chi connectivity index (χ4v) is 3.53. The van der Waals surface area contributed by atoms with Crippen LogP contribution in [0.4, 0.5) is 0 Å². The van der Waals surface area contributed by atoms with Gasteiger partial charge >= 0.3 is 11.9 Å². The Kier molecular flexibility index (Phi) is 7.40. The molecule has 1 atom stereocenters. The van der Waals surface area contributed by atoms with Crippen molar-refractivity contribution in [2.45, 2.75) is 26.7 Å². The predicted octanol–water partition coefficient (Wildman–Crippen LogP) is 5.84. The van der Waals surface area contributed by atoms with Crippen LogP contribution in [-0.2, 0) is 14.3 Å². The first-order valence-corrected chi connectivity index (χ1v) is 11.3. The Morgan fingerprint density at radius 2 is 1.49 bits per heavy atom. The van der Waals surface area contributed by atoms with E-state index < -0.39 is 11.9 Å². The van der Waals surface area contributed by atoms with Gasteiger partial charge in [0.05, 0.1) is 19.1 Å². The largest absolute Gasteiger partial charge is 0.466 e. The zero-order chi connectivity index (χ0) is 24.8. The number of fused-ring (bicyclic) bond motifs is 1. The minimum Gasteiger partial charge on any atom is -0.466 e. The number of ether oxygens (including phenoxy) is 6. The summed E-state index contributed by atoms with van der Waals surface area (Å²) in [4.78, 5) is 25.1. The van der Waals surface area contributed by atoms with E-state index in [1.807, 2.05) is 6.07 Å². The van der Waals surface area contributed by atoms with Crippen molar-refractivity contribution in [2.75, 3.05) is 20.0 Å². The number of esters is 2. The second-order valence-corrected chi connectivity index (χ2v) is 7.62. The lowest BCUT2D eigenvalue weighted by molar-refractivity contribution is -0.144. The van der Waals surface area contributed by atoms with Gasteiger partial charge in [-0.1, -0.05) is 18.2 Å². The summed E-state index contributed by atoms with van der Waals surface area (Å²) in [5.74, 6) is 1.22. The van der Waals surface area contributed by atoms with Crippen LogP contribution in [0.5, 0.6) is 34.5 Å². The first-order valence-electron chi connectivity index (χ1n) is 11.3. The van der Waals surface area contributed by atoms with Gasteiger partial charge in [-0.3, -0.25) is 4.79 Å². The number of carbonyl (C=O) groups excluding carboxylic acids is 2. The van der Waals surface area contributed by atoms with Crippen LogP contribution < -0.4 is 18.9 Å². The summed E-state index contributed by atoms with van der Waals surface area (Å²) in [6.45, 7) is 5.88. The Labute approximate surface area is 203 Å². The quantitative estimate of drug-likeness (QED) is 0.354. The van der Waals surface area contributed by atoms with Gasteiger partial charge < -0.3 is 28.4 Å². The van der Waals surface area contributed by atoms with Crippen molar-refractivity contribution in [2.24, 2.45) is 0 Å². The first-order chi connectivity index (χ1) is 17.0. The van der Waals surface area contributed by atoms with Gasteiger partial charge in [0, 0.05) is 6.07 Å². The van der Waals surface area contributed by atoms with Gasteiger partial charge in [-0.05, 0) is 62.7 Å².